The van der Waals surface area contributed by atoms with Crippen molar-refractivity contribution in [2.75, 3.05) is 6.61 Å². The first-order valence-corrected chi connectivity index (χ1v) is 4.13. The van der Waals surface area contributed by atoms with Crippen LogP contribution in [0.3, 0.4) is 0 Å². The molecule has 0 saturated carbocycles. The topological polar surface area (TPSA) is 27.1 Å². The molecular weight excluding hydrogens is 152 g/mol. The highest BCUT2D eigenvalue weighted by molar-refractivity contribution is 5.15. The summed E-state index contributed by atoms with van der Waals surface area (Å²) in [6, 6.07) is 0. The summed E-state index contributed by atoms with van der Waals surface area (Å²) >= 11 is 0. The van der Waals surface area contributed by atoms with E-state index < -0.39 is 0 Å². The molecule has 1 unspecified atom stereocenters. The standard InChI is InChI=1S/C9H12N2O/c1-11-7-8(6-10-11)9-4-2-3-5-12-9/h2,4,6-7,9H,3,5H2,1H3. The lowest BCUT2D eigenvalue weighted by Crippen LogP contribution is -2.05. The van der Waals surface area contributed by atoms with Gasteiger partial charge in [0.2, 0.25) is 0 Å². The molecule has 1 aromatic heterocycles. The summed E-state index contributed by atoms with van der Waals surface area (Å²) in [6.07, 6.45) is 9.21. The van der Waals surface area contributed by atoms with Gasteiger partial charge in [-0.05, 0) is 6.42 Å². The molecule has 3 nitrogen and oxygen atoms in total. The van der Waals surface area contributed by atoms with Crippen molar-refractivity contribution >= 4 is 0 Å². The first-order valence-electron chi connectivity index (χ1n) is 4.13. The van der Waals surface area contributed by atoms with Crippen molar-refractivity contribution < 1.29 is 4.74 Å². The number of nitrogens with zero attached hydrogens (tertiary/aromatic N) is 2. The van der Waals surface area contributed by atoms with Crippen LogP contribution in [0, 0.1) is 0 Å². The molecule has 0 fully saturated rings. The minimum atomic E-state index is 0.118. The average molecular weight is 164 g/mol. The lowest BCUT2D eigenvalue weighted by Gasteiger charge is -2.15. The zero-order chi connectivity index (χ0) is 8.39. The van der Waals surface area contributed by atoms with Crippen LogP contribution >= 0.6 is 0 Å². The summed E-state index contributed by atoms with van der Waals surface area (Å²) in [5.41, 5.74) is 1.13. The summed E-state index contributed by atoms with van der Waals surface area (Å²) < 4.78 is 7.33. The van der Waals surface area contributed by atoms with Crippen molar-refractivity contribution in [3.8, 4) is 0 Å². The highest BCUT2D eigenvalue weighted by Gasteiger charge is 2.12. The largest absolute Gasteiger partial charge is 0.369 e. The number of rotatable bonds is 1. The van der Waals surface area contributed by atoms with E-state index in [1.165, 1.54) is 0 Å². The number of aryl methyl sites for hydroxylation is 1. The van der Waals surface area contributed by atoms with Gasteiger partial charge in [-0.3, -0.25) is 4.68 Å². The van der Waals surface area contributed by atoms with Crippen LogP contribution in [0.1, 0.15) is 18.1 Å². The van der Waals surface area contributed by atoms with Gasteiger partial charge in [-0.2, -0.15) is 5.10 Å². The van der Waals surface area contributed by atoms with Gasteiger partial charge in [0.05, 0.1) is 12.8 Å². The molecule has 0 N–H and O–H groups in total. The molecule has 0 amide bonds. The van der Waals surface area contributed by atoms with Crippen LogP contribution in [0.2, 0.25) is 0 Å². The van der Waals surface area contributed by atoms with Gasteiger partial charge in [0.25, 0.3) is 0 Å². The van der Waals surface area contributed by atoms with Gasteiger partial charge in [0.1, 0.15) is 6.10 Å². The van der Waals surface area contributed by atoms with E-state index in [0.717, 1.165) is 18.6 Å². The molecule has 0 saturated heterocycles. The second kappa shape index (κ2) is 3.11. The van der Waals surface area contributed by atoms with Crippen molar-refractivity contribution in [1.82, 2.24) is 9.78 Å². The Hall–Kier alpha value is -1.09. The third-order valence-corrected chi connectivity index (χ3v) is 1.95. The minimum Gasteiger partial charge on any atom is -0.369 e. The maximum Gasteiger partial charge on any atom is 0.104 e. The predicted molar refractivity (Wildman–Crippen MR) is 45.7 cm³/mol. The van der Waals surface area contributed by atoms with Gasteiger partial charge in [0, 0.05) is 18.8 Å². The second-order valence-electron chi connectivity index (χ2n) is 2.96. The third kappa shape index (κ3) is 1.41. The van der Waals surface area contributed by atoms with Gasteiger partial charge in [-0.25, -0.2) is 0 Å². The van der Waals surface area contributed by atoms with E-state index in [4.69, 9.17) is 4.74 Å². The highest BCUT2D eigenvalue weighted by atomic mass is 16.5. The Kier molecular flexibility index (Phi) is 1.96. The SMILES string of the molecule is Cn1cc(C2C=CCCO2)cn1. The van der Waals surface area contributed by atoms with Crippen LogP contribution in [0.4, 0.5) is 0 Å². The molecular formula is C9H12N2O. The number of hydrogen-bond donors (Lipinski definition) is 0. The summed E-state index contributed by atoms with van der Waals surface area (Å²) in [5, 5.41) is 4.09. The van der Waals surface area contributed by atoms with Gasteiger partial charge in [-0.15, -0.1) is 0 Å². The maximum atomic E-state index is 5.54. The van der Waals surface area contributed by atoms with Gasteiger partial charge < -0.3 is 4.74 Å². The number of hydrogen-bond acceptors (Lipinski definition) is 2. The Bertz CT molecular complexity index is 290. The fourth-order valence-corrected chi connectivity index (χ4v) is 1.33. The molecule has 0 spiro atoms. The molecule has 0 bridgehead atoms. The monoisotopic (exact) mass is 164 g/mol. The van der Waals surface area contributed by atoms with Gasteiger partial charge >= 0.3 is 0 Å². The number of ether oxygens (including phenoxy) is 1. The second-order valence-corrected chi connectivity index (χ2v) is 2.96. The van der Waals surface area contributed by atoms with E-state index in [1.54, 1.807) is 4.68 Å². The van der Waals surface area contributed by atoms with E-state index in [9.17, 15) is 0 Å². The van der Waals surface area contributed by atoms with Crippen LogP contribution in [-0.4, -0.2) is 16.4 Å². The summed E-state index contributed by atoms with van der Waals surface area (Å²) in [7, 11) is 1.91. The molecule has 0 aliphatic carbocycles. The molecule has 1 aromatic rings. The van der Waals surface area contributed by atoms with E-state index in [2.05, 4.69) is 17.3 Å². The van der Waals surface area contributed by atoms with Crippen molar-refractivity contribution in [2.24, 2.45) is 7.05 Å². The smallest absolute Gasteiger partial charge is 0.104 e. The molecule has 1 atom stereocenters. The number of aromatic nitrogens is 2. The van der Waals surface area contributed by atoms with Crippen LogP contribution < -0.4 is 0 Å². The zero-order valence-electron chi connectivity index (χ0n) is 7.10. The van der Waals surface area contributed by atoms with E-state index in [1.807, 2.05) is 19.4 Å². The third-order valence-electron chi connectivity index (χ3n) is 1.95. The Morgan fingerprint density at radius 1 is 1.67 bits per heavy atom. The molecule has 2 rings (SSSR count). The van der Waals surface area contributed by atoms with E-state index in [0.29, 0.717) is 0 Å². The van der Waals surface area contributed by atoms with Crippen molar-refractivity contribution in [3.63, 3.8) is 0 Å². The molecule has 64 valence electrons. The molecule has 1 aliphatic heterocycles. The Morgan fingerprint density at radius 3 is 3.17 bits per heavy atom. The van der Waals surface area contributed by atoms with Crippen LogP contribution in [0.15, 0.2) is 24.5 Å². The van der Waals surface area contributed by atoms with Crippen LogP contribution in [0.5, 0.6) is 0 Å². The van der Waals surface area contributed by atoms with E-state index in [-0.39, 0.29) is 6.10 Å². The summed E-state index contributed by atoms with van der Waals surface area (Å²) in [6.45, 7) is 0.816. The van der Waals surface area contributed by atoms with Crippen LogP contribution in [0.25, 0.3) is 0 Å². The van der Waals surface area contributed by atoms with Crippen molar-refractivity contribution in [1.29, 1.82) is 0 Å². The van der Waals surface area contributed by atoms with Gasteiger partial charge in [-0.1, -0.05) is 12.2 Å². The first-order chi connectivity index (χ1) is 5.86. The highest BCUT2D eigenvalue weighted by Crippen LogP contribution is 2.21. The normalized spacial score (nSPS) is 22.9. The molecule has 12 heavy (non-hydrogen) atoms. The summed E-state index contributed by atoms with van der Waals surface area (Å²) in [4.78, 5) is 0. The molecule has 1 aliphatic rings. The predicted octanol–water partition coefficient (Wildman–Crippen LogP) is 1.44. The fourth-order valence-electron chi connectivity index (χ4n) is 1.33. The first kappa shape index (κ1) is 7.55. The van der Waals surface area contributed by atoms with Crippen molar-refractivity contribution in [2.45, 2.75) is 12.5 Å². The zero-order valence-corrected chi connectivity index (χ0v) is 7.10. The van der Waals surface area contributed by atoms with Crippen molar-refractivity contribution in [3.05, 3.63) is 30.1 Å². The lowest BCUT2D eigenvalue weighted by molar-refractivity contribution is 0.0800. The van der Waals surface area contributed by atoms with Gasteiger partial charge in [0.15, 0.2) is 0 Å². The maximum absolute atomic E-state index is 5.54. The van der Waals surface area contributed by atoms with Crippen LogP contribution in [-0.2, 0) is 11.8 Å². The average Bonchev–Trinajstić information content (AvgIpc) is 2.54. The molecule has 2 heterocycles. The fraction of sp³-hybridized carbons (Fsp3) is 0.444. The Morgan fingerprint density at radius 2 is 2.58 bits per heavy atom. The quantitative estimate of drug-likeness (QED) is 0.587. The Balaban J connectivity index is 2.18. The lowest BCUT2D eigenvalue weighted by atomic mass is 10.1. The minimum absolute atomic E-state index is 0.118. The van der Waals surface area contributed by atoms with E-state index >= 15 is 0 Å². The molecule has 3 heteroatoms. The Labute approximate surface area is 71.6 Å². The summed E-state index contributed by atoms with van der Waals surface area (Å²) in [5.74, 6) is 0. The molecule has 0 aromatic carbocycles. The molecule has 0 radical (unpaired) electrons.